The van der Waals surface area contributed by atoms with Crippen LogP contribution in [0.25, 0.3) is 0 Å². The Bertz CT molecular complexity index is 264. The Hall–Kier alpha value is 0.00948. The molecular formula is C8H12F6FeP. The van der Waals surface area contributed by atoms with Crippen LogP contribution in [0.2, 0.25) is 9.63 Å². The molecule has 1 aliphatic carbocycles. The summed E-state index contributed by atoms with van der Waals surface area (Å²) in [5.74, 6) is 0. The van der Waals surface area contributed by atoms with E-state index in [-0.39, 0.29) is 0 Å². The van der Waals surface area contributed by atoms with Gasteiger partial charge < -0.3 is 0 Å². The molecule has 0 radical (unpaired) electrons. The quantitative estimate of drug-likeness (QED) is 0.324. The molecule has 0 bridgehead atoms. The molecule has 0 fully saturated rings. The summed E-state index contributed by atoms with van der Waals surface area (Å²) in [5, 5.41) is 0. The third-order valence-corrected chi connectivity index (χ3v) is 2.65. The van der Waals surface area contributed by atoms with Gasteiger partial charge in [-0.25, -0.2) is 0 Å². The normalized spacial score (nSPS) is 20.3. The molecule has 0 heterocycles. The first-order valence-corrected chi connectivity index (χ1v) is 7.55. The predicted molar refractivity (Wildman–Crippen MR) is 50.7 cm³/mol. The van der Waals surface area contributed by atoms with Gasteiger partial charge in [-0.15, -0.1) is 0 Å². The van der Waals surface area contributed by atoms with E-state index in [0.717, 1.165) is 9.63 Å². The van der Waals surface area contributed by atoms with E-state index in [1.807, 2.05) is 0 Å². The number of allylic oxidation sites excluding steroid dienone is 4. The zero-order valence-electron chi connectivity index (χ0n) is 8.53. The van der Waals surface area contributed by atoms with Gasteiger partial charge in [-0.3, -0.25) is 0 Å². The molecule has 0 saturated carbocycles. The monoisotopic (exact) mass is 309 g/mol. The van der Waals surface area contributed by atoms with Crippen LogP contribution in [0.1, 0.15) is 13.8 Å². The summed E-state index contributed by atoms with van der Waals surface area (Å²) in [4.78, 5) is 1.55. The molecular weight excluding hydrogens is 297 g/mol. The molecule has 8 heteroatoms. The standard InChI is InChI=1S/C5H5.C3H7.F6P.Fe/c1-2-4-5-3-1;1-3-2;1-7(2,3,4,5)6;/h1-5H;3H,1-2H3;;/q;;-1;+1. The minimum atomic E-state index is -10.7. The molecule has 0 aromatic rings. The maximum absolute atomic E-state index is 10.7. The molecule has 0 amide bonds. The van der Waals surface area contributed by atoms with Crippen LogP contribution < -0.4 is 0 Å². The van der Waals surface area contributed by atoms with Crippen LogP contribution in [0, 0.1) is 0 Å². The summed E-state index contributed by atoms with van der Waals surface area (Å²) in [7, 11) is -10.7. The van der Waals surface area contributed by atoms with Crippen LogP contribution in [-0.4, -0.2) is 0 Å². The van der Waals surface area contributed by atoms with Crippen molar-refractivity contribution in [2.24, 2.45) is 0 Å². The fourth-order valence-electron chi connectivity index (χ4n) is 0.750. The van der Waals surface area contributed by atoms with E-state index >= 15 is 0 Å². The topological polar surface area (TPSA) is 0 Å². The van der Waals surface area contributed by atoms with Crippen LogP contribution in [0.15, 0.2) is 24.3 Å². The zero-order chi connectivity index (χ0) is 13.1. The molecule has 1 aliphatic rings. The predicted octanol–water partition coefficient (Wildman–Crippen LogP) is 6.19. The molecule has 16 heavy (non-hydrogen) atoms. The van der Waals surface area contributed by atoms with Crippen molar-refractivity contribution in [3.8, 4) is 0 Å². The van der Waals surface area contributed by atoms with Gasteiger partial charge in [0.05, 0.1) is 0 Å². The maximum atomic E-state index is 9.87. The molecule has 0 saturated heterocycles. The summed E-state index contributed by atoms with van der Waals surface area (Å²) in [5.41, 5.74) is 0. The molecule has 0 N–H and O–H groups in total. The first kappa shape index (κ1) is 16.0. The SMILES string of the molecule is C[CH](C)[Fe+][CH]1C=CC=C1.F[P-](F)(F)(F)(F)F. The van der Waals surface area contributed by atoms with E-state index in [4.69, 9.17) is 0 Å². The summed E-state index contributed by atoms with van der Waals surface area (Å²) >= 11 is 1.30. The molecule has 0 spiro atoms. The van der Waals surface area contributed by atoms with Crippen LogP contribution >= 0.6 is 7.81 Å². The van der Waals surface area contributed by atoms with E-state index in [0.29, 0.717) is 0 Å². The van der Waals surface area contributed by atoms with Crippen LogP contribution in [-0.2, 0) is 15.0 Å². The molecule has 1 rings (SSSR count). The van der Waals surface area contributed by atoms with Crippen LogP contribution in [0.5, 0.6) is 0 Å². The average molecular weight is 309 g/mol. The van der Waals surface area contributed by atoms with Gasteiger partial charge in [0, 0.05) is 0 Å². The summed E-state index contributed by atoms with van der Waals surface area (Å²) < 4.78 is 59.2. The Kier molecular flexibility index (Phi) is 4.36. The van der Waals surface area contributed by atoms with Crippen molar-refractivity contribution in [3.63, 3.8) is 0 Å². The minimum absolute atomic E-state index is 0.727. The van der Waals surface area contributed by atoms with Crippen molar-refractivity contribution in [2.75, 3.05) is 0 Å². The Morgan fingerprint density at radius 1 is 0.938 bits per heavy atom. The molecule has 0 aliphatic heterocycles. The molecule has 0 unspecified atom stereocenters. The van der Waals surface area contributed by atoms with Crippen molar-refractivity contribution >= 4 is 7.81 Å². The van der Waals surface area contributed by atoms with Crippen molar-refractivity contribution in [3.05, 3.63) is 24.3 Å². The second kappa shape index (κ2) is 4.35. The summed E-state index contributed by atoms with van der Waals surface area (Å²) in [6.45, 7) is 4.53. The van der Waals surface area contributed by atoms with Crippen molar-refractivity contribution in [1.82, 2.24) is 0 Å². The Morgan fingerprint density at radius 2 is 1.25 bits per heavy atom. The number of hydrogen-bond donors (Lipinski definition) is 0. The summed E-state index contributed by atoms with van der Waals surface area (Å²) in [6.07, 6.45) is 8.79. The molecule has 99 valence electrons. The first-order valence-electron chi connectivity index (χ1n) is 4.24. The third kappa shape index (κ3) is 19.6. The van der Waals surface area contributed by atoms with Crippen molar-refractivity contribution in [2.45, 2.75) is 23.5 Å². The first-order chi connectivity index (χ1) is 6.74. The van der Waals surface area contributed by atoms with Crippen molar-refractivity contribution in [1.29, 1.82) is 0 Å². The van der Waals surface area contributed by atoms with E-state index in [9.17, 15) is 25.2 Å². The van der Waals surface area contributed by atoms with Gasteiger partial charge in [0.2, 0.25) is 0 Å². The average Bonchev–Trinajstić information content (AvgIpc) is 2.29. The van der Waals surface area contributed by atoms with Gasteiger partial charge >= 0.3 is 95.7 Å². The van der Waals surface area contributed by atoms with E-state index in [1.165, 1.54) is 15.0 Å². The summed E-state index contributed by atoms with van der Waals surface area (Å²) in [6, 6.07) is 0. The number of hydrogen-bond acceptors (Lipinski definition) is 0. The van der Waals surface area contributed by atoms with Gasteiger partial charge in [0.25, 0.3) is 0 Å². The van der Waals surface area contributed by atoms with E-state index in [2.05, 4.69) is 38.2 Å². The fraction of sp³-hybridized carbons (Fsp3) is 0.500. The molecule has 0 nitrogen and oxygen atoms in total. The second-order valence-corrected chi connectivity index (χ2v) is 7.56. The van der Waals surface area contributed by atoms with Gasteiger partial charge in [0.15, 0.2) is 0 Å². The Balaban J connectivity index is 0.000000293. The van der Waals surface area contributed by atoms with Crippen LogP contribution in [0.3, 0.4) is 0 Å². The Labute approximate surface area is 96.2 Å². The number of rotatable bonds is 2. The van der Waals surface area contributed by atoms with Gasteiger partial charge in [-0.05, 0) is 0 Å². The van der Waals surface area contributed by atoms with Gasteiger partial charge in [0.1, 0.15) is 0 Å². The zero-order valence-corrected chi connectivity index (χ0v) is 10.5. The molecule has 0 atom stereocenters. The number of halogens is 6. The Morgan fingerprint density at radius 3 is 1.50 bits per heavy atom. The second-order valence-electron chi connectivity index (χ2n) is 3.26. The van der Waals surface area contributed by atoms with Gasteiger partial charge in [-0.2, -0.15) is 0 Å². The molecule has 0 aromatic carbocycles. The van der Waals surface area contributed by atoms with E-state index in [1.54, 1.807) is 0 Å². The third-order valence-electron chi connectivity index (χ3n) is 1.06. The fourth-order valence-corrected chi connectivity index (χ4v) is 2.09. The van der Waals surface area contributed by atoms with Crippen molar-refractivity contribution < 1.29 is 40.1 Å². The molecule has 0 aromatic heterocycles. The van der Waals surface area contributed by atoms with Gasteiger partial charge in [-0.1, -0.05) is 0 Å². The van der Waals surface area contributed by atoms with Crippen LogP contribution in [0.4, 0.5) is 25.2 Å². The van der Waals surface area contributed by atoms with E-state index < -0.39 is 7.81 Å².